The normalized spacial score (nSPS) is 14.0. The number of nitrogens with one attached hydrogen (secondary N) is 2. The Kier molecular flexibility index (Phi) is 5.78. The Bertz CT molecular complexity index is 1070. The zero-order valence-electron chi connectivity index (χ0n) is 15.4. The quantitative estimate of drug-likeness (QED) is 0.632. The molecule has 2 aromatic carbocycles. The molecule has 28 heavy (non-hydrogen) atoms. The van der Waals surface area contributed by atoms with Gasteiger partial charge in [0.25, 0.3) is 0 Å². The molecule has 3 rings (SSSR count). The standard InChI is InChI=1S/C18H19ClFN5O2S/c1-10-4-9-15(20)16(11(10)2)12(3)17(18-21-24-25-22-18)23-28(26,27)14-7-5-13(19)6-8-14/h4-9,12,17,23H,1-3H3,(H,21,22,24,25). The summed E-state index contributed by atoms with van der Waals surface area (Å²) in [5.74, 6) is -0.903. The lowest BCUT2D eigenvalue weighted by molar-refractivity contribution is 0.478. The fourth-order valence-corrected chi connectivity index (χ4v) is 4.46. The Morgan fingerprint density at radius 1 is 1.14 bits per heavy atom. The highest BCUT2D eigenvalue weighted by molar-refractivity contribution is 7.89. The molecule has 0 fully saturated rings. The van der Waals surface area contributed by atoms with Gasteiger partial charge in [0.2, 0.25) is 10.0 Å². The van der Waals surface area contributed by atoms with Gasteiger partial charge in [0.15, 0.2) is 5.82 Å². The van der Waals surface area contributed by atoms with E-state index >= 15 is 0 Å². The summed E-state index contributed by atoms with van der Waals surface area (Å²) in [5.41, 5.74) is 2.04. The van der Waals surface area contributed by atoms with E-state index in [2.05, 4.69) is 25.3 Å². The van der Waals surface area contributed by atoms with Crippen molar-refractivity contribution in [2.24, 2.45) is 0 Å². The van der Waals surface area contributed by atoms with Crippen LogP contribution in [0, 0.1) is 19.7 Å². The van der Waals surface area contributed by atoms with Crippen LogP contribution in [0.2, 0.25) is 5.02 Å². The Morgan fingerprint density at radius 2 is 1.82 bits per heavy atom. The maximum atomic E-state index is 14.6. The van der Waals surface area contributed by atoms with E-state index in [0.717, 1.165) is 11.1 Å². The van der Waals surface area contributed by atoms with Crippen LogP contribution in [0.4, 0.5) is 4.39 Å². The van der Waals surface area contributed by atoms with Gasteiger partial charge in [-0.1, -0.05) is 29.8 Å². The average Bonchev–Trinajstić information content (AvgIpc) is 3.18. The fraction of sp³-hybridized carbons (Fsp3) is 0.278. The van der Waals surface area contributed by atoms with Crippen molar-refractivity contribution in [1.29, 1.82) is 0 Å². The van der Waals surface area contributed by atoms with E-state index in [9.17, 15) is 12.8 Å². The Labute approximate surface area is 167 Å². The van der Waals surface area contributed by atoms with Crippen LogP contribution in [-0.2, 0) is 10.0 Å². The highest BCUT2D eigenvalue weighted by Gasteiger charge is 2.32. The molecule has 1 aromatic heterocycles. The third-order valence-corrected chi connectivity index (χ3v) is 6.44. The van der Waals surface area contributed by atoms with Crippen molar-refractivity contribution in [1.82, 2.24) is 25.3 Å². The number of H-pyrrole nitrogens is 1. The summed E-state index contributed by atoms with van der Waals surface area (Å²) in [5, 5.41) is 14.1. The van der Waals surface area contributed by atoms with Gasteiger partial charge in [-0.3, -0.25) is 0 Å². The van der Waals surface area contributed by atoms with Gasteiger partial charge in [-0.05, 0) is 60.9 Å². The average molecular weight is 424 g/mol. The van der Waals surface area contributed by atoms with E-state index in [0.29, 0.717) is 10.6 Å². The molecular formula is C18H19ClFN5O2S. The second-order valence-corrected chi connectivity index (χ2v) is 8.66. The second kappa shape index (κ2) is 7.94. The second-order valence-electron chi connectivity index (χ2n) is 6.51. The van der Waals surface area contributed by atoms with Crippen LogP contribution in [0.3, 0.4) is 0 Å². The summed E-state index contributed by atoms with van der Waals surface area (Å²) in [6.07, 6.45) is 0. The molecule has 2 atom stereocenters. The number of hydrogen-bond acceptors (Lipinski definition) is 5. The lowest BCUT2D eigenvalue weighted by Gasteiger charge is -2.25. The predicted molar refractivity (Wildman–Crippen MR) is 103 cm³/mol. The van der Waals surface area contributed by atoms with Crippen molar-refractivity contribution in [2.45, 2.75) is 37.6 Å². The van der Waals surface area contributed by atoms with E-state index in [1.807, 2.05) is 6.92 Å². The number of halogens is 2. The third-order valence-electron chi connectivity index (χ3n) is 4.73. The molecule has 2 unspecified atom stereocenters. The van der Waals surface area contributed by atoms with Gasteiger partial charge in [-0.2, -0.15) is 9.94 Å². The Hall–Kier alpha value is -2.36. The largest absolute Gasteiger partial charge is 0.241 e. The molecule has 7 nitrogen and oxygen atoms in total. The molecule has 0 bridgehead atoms. The van der Waals surface area contributed by atoms with Crippen molar-refractivity contribution in [3.8, 4) is 0 Å². The molecule has 0 aliphatic rings. The summed E-state index contributed by atoms with van der Waals surface area (Å²) >= 11 is 5.84. The summed E-state index contributed by atoms with van der Waals surface area (Å²) in [7, 11) is -3.94. The molecule has 1 heterocycles. The highest BCUT2D eigenvalue weighted by atomic mass is 35.5. The minimum absolute atomic E-state index is 0.0269. The zero-order valence-corrected chi connectivity index (χ0v) is 17.0. The maximum absolute atomic E-state index is 14.6. The van der Waals surface area contributed by atoms with Crippen LogP contribution >= 0.6 is 11.6 Å². The van der Waals surface area contributed by atoms with Gasteiger partial charge >= 0.3 is 0 Å². The molecule has 3 aromatic rings. The maximum Gasteiger partial charge on any atom is 0.241 e. The highest BCUT2D eigenvalue weighted by Crippen LogP contribution is 2.34. The van der Waals surface area contributed by atoms with Gasteiger partial charge in [-0.15, -0.1) is 10.2 Å². The number of nitrogens with zero attached hydrogens (tertiary/aromatic N) is 3. The van der Waals surface area contributed by atoms with Crippen molar-refractivity contribution in [3.05, 3.63) is 69.8 Å². The van der Waals surface area contributed by atoms with Crippen LogP contribution in [0.25, 0.3) is 0 Å². The Balaban J connectivity index is 2.04. The molecule has 0 amide bonds. The first kappa shape index (κ1) is 20.4. The van der Waals surface area contributed by atoms with Crippen LogP contribution in [0.5, 0.6) is 0 Å². The molecule has 0 saturated carbocycles. The van der Waals surface area contributed by atoms with Crippen molar-refractivity contribution < 1.29 is 12.8 Å². The minimum Gasteiger partial charge on any atom is -0.207 e. The number of aryl methyl sites for hydroxylation is 1. The molecule has 0 saturated heterocycles. The van der Waals surface area contributed by atoms with Gasteiger partial charge in [0.1, 0.15) is 5.82 Å². The summed E-state index contributed by atoms with van der Waals surface area (Å²) < 4.78 is 43.0. The topological polar surface area (TPSA) is 101 Å². The molecular weight excluding hydrogens is 405 g/mol. The fourth-order valence-electron chi connectivity index (χ4n) is 3.06. The van der Waals surface area contributed by atoms with Crippen molar-refractivity contribution >= 4 is 21.6 Å². The molecule has 0 spiro atoms. The van der Waals surface area contributed by atoms with Crippen LogP contribution in [0.1, 0.15) is 41.4 Å². The number of rotatable bonds is 6. The molecule has 10 heteroatoms. The molecule has 0 aliphatic carbocycles. The van der Waals surface area contributed by atoms with E-state index in [4.69, 9.17) is 11.6 Å². The third kappa shape index (κ3) is 4.06. The van der Waals surface area contributed by atoms with Gasteiger partial charge in [0.05, 0.1) is 10.9 Å². The molecule has 0 aliphatic heterocycles. The van der Waals surface area contributed by atoms with Gasteiger partial charge in [-0.25, -0.2) is 12.8 Å². The van der Waals surface area contributed by atoms with Crippen LogP contribution in [-0.4, -0.2) is 29.0 Å². The van der Waals surface area contributed by atoms with Crippen molar-refractivity contribution in [2.75, 3.05) is 0 Å². The number of tetrazole rings is 1. The monoisotopic (exact) mass is 423 g/mol. The number of sulfonamides is 1. The zero-order chi connectivity index (χ0) is 20.5. The first-order valence-corrected chi connectivity index (χ1v) is 10.3. The number of benzene rings is 2. The summed E-state index contributed by atoms with van der Waals surface area (Å²) in [6.45, 7) is 5.38. The first-order chi connectivity index (χ1) is 13.2. The Morgan fingerprint density at radius 3 is 2.43 bits per heavy atom. The van der Waals surface area contributed by atoms with E-state index < -0.39 is 27.8 Å². The number of hydrogen-bond donors (Lipinski definition) is 2. The predicted octanol–water partition coefficient (Wildman–Crippen LogP) is 3.43. The van der Waals surface area contributed by atoms with Crippen LogP contribution < -0.4 is 4.72 Å². The molecule has 148 valence electrons. The number of aromatic nitrogens is 4. The van der Waals surface area contributed by atoms with Crippen molar-refractivity contribution in [3.63, 3.8) is 0 Å². The van der Waals surface area contributed by atoms with E-state index in [-0.39, 0.29) is 10.7 Å². The smallest absolute Gasteiger partial charge is 0.207 e. The van der Waals surface area contributed by atoms with Crippen LogP contribution in [0.15, 0.2) is 41.3 Å². The SMILES string of the molecule is Cc1ccc(F)c(C(C)C(NS(=O)(=O)c2ccc(Cl)cc2)c2nn[nH]n2)c1C. The van der Waals surface area contributed by atoms with E-state index in [1.54, 1.807) is 19.9 Å². The number of aromatic amines is 1. The summed E-state index contributed by atoms with van der Waals surface area (Å²) in [4.78, 5) is 0.0269. The first-order valence-electron chi connectivity index (χ1n) is 8.47. The molecule has 2 N–H and O–H groups in total. The minimum atomic E-state index is -3.94. The van der Waals surface area contributed by atoms with Gasteiger partial charge < -0.3 is 0 Å². The van der Waals surface area contributed by atoms with E-state index in [1.165, 1.54) is 30.3 Å². The van der Waals surface area contributed by atoms with Gasteiger partial charge in [0, 0.05) is 10.9 Å². The molecule has 0 radical (unpaired) electrons. The summed E-state index contributed by atoms with van der Waals surface area (Å²) in [6, 6.07) is 7.86. The lowest BCUT2D eigenvalue weighted by atomic mass is 9.88. The lowest BCUT2D eigenvalue weighted by Crippen LogP contribution is -2.33.